The van der Waals surface area contributed by atoms with Crippen LogP contribution in [0.4, 0.5) is 8.78 Å². The van der Waals surface area contributed by atoms with Crippen LogP contribution in [0.5, 0.6) is 5.75 Å². The summed E-state index contributed by atoms with van der Waals surface area (Å²) in [5.41, 5.74) is 1.37. The molecule has 0 aliphatic heterocycles. The molecule has 0 aliphatic carbocycles. The van der Waals surface area contributed by atoms with Crippen LogP contribution in [0.2, 0.25) is 0 Å². The van der Waals surface area contributed by atoms with Gasteiger partial charge in [0, 0.05) is 12.7 Å². The van der Waals surface area contributed by atoms with E-state index in [0.29, 0.717) is 18.4 Å². The van der Waals surface area contributed by atoms with E-state index in [0.717, 1.165) is 17.4 Å². The Morgan fingerprint density at radius 2 is 1.76 bits per heavy atom. The van der Waals surface area contributed by atoms with Crippen LogP contribution < -0.4 is 4.74 Å². The summed E-state index contributed by atoms with van der Waals surface area (Å²) in [6.45, 7) is -0.0745. The quantitative estimate of drug-likeness (QED) is 0.884. The van der Waals surface area contributed by atoms with Crippen molar-refractivity contribution in [2.75, 3.05) is 13.7 Å². The van der Waals surface area contributed by atoms with Crippen LogP contribution in [0.25, 0.3) is 0 Å². The van der Waals surface area contributed by atoms with Crippen molar-refractivity contribution in [1.82, 2.24) is 0 Å². The lowest BCUT2D eigenvalue weighted by Gasteiger charge is -2.16. The van der Waals surface area contributed by atoms with Crippen LogP contribution in [-0.2, 0) is 12.8 Å². The highest BCUT2D eigenvalue weighted by molar-refractivity contribution is 5.33. The van der Waals surface area contributed by atoms with Crippen molar-refractivity contribution in [2.45, 2.75) is 12.8 Å². The average molecular weight is 292 g/mol. The fourth-order valence-corrected chi connectivity index (χ4v) is 2.38. The zero-order chi connectivity index (χ0) is 15.2. The van der Waals surface area contributed by atoms with Crippen molar-refractivity contribution >= 4 is 0 Å². The summed E-state index contributed by atoms with van der Waals surface area (Å²) in [5.74, 6) is -0.577. The average Bonchev–Trinajstić information content (AvgIpc) is 2.49. The summed E-state index contributed by atoms with van der Waals surface area (Å²) in [6.07, 6.45) is 0.915. The van der Waals surface area contributed by atoms with Gasteiger partial charge >= 0.3 is 0 Å². The first-order valence-corrected chi connectivity index (χ1v) is 6.80. The van der Waals surface area contributed by atoms with E-state index in [9.17, 15) is 13.9 Å². The molecule has 0 aliphatic rings. The van der Waals surface area contributed by atoms with Crippen LogP contribution in [0.15, 0.2) is 42.5 Å². The fourth-order valence-electron chi connectivity index (χ4n) is 2.38. The third kappa shape index (κ3) is 4.02. The van der Waals surface area contributed by atoms with Crippen molar-refractivity contribution in [3.8, 4) is 5.75 Å². The van der Waals surface area contributed by atoms with Crippen LogP contribution in [0.1, 0.15) is 11.1 Å². The molecule has 0 radical (unpaired) electrons. The monoisotopic (exact) mass is 292 g/mol. The first kappa shape index (κ1) is 15.4. The molecule has 21 heavy (non-hydrogen) atoms. The van der Waals surface area contributed by atoms with Crippen LogP contribution in [0.3, 0.4) is 0 Å². The molecule has 1 N–H and O–H groups in total. The number of rotatable bonds is 6. The summed E-state index contributed by atoms with van der Waals surface area (Å²) >= 11 is 0. The van der Waals surface area contributed by atoms with Gasteiger partial charge in [-0.25, -0.2) is 8.78 Å². The molecule has 1 unspecified atom stereocenters. The third-order valence-electron chi connectivity index (χ3n) is 3.48. The summed E-state index contributed by atoms with van der Waals surface area (Å²) in [7, 11) is 1.59. The summed E-state index contributed by atoms with van der Waals surface area (Å²) in [6, 6.07) is 11.1. The summed E-state index contributed by atoms with van der Waals surface area (Å²) in [4.78, 5) is 0. The number of ether oxygens (including phenoxy) is 1. The van der Waals surface area contributed by atoms with Gasteiger partial charge in [0.1, 0.15) is 17.4 Å². The molecule has 2 aromatic carbocycles. The minimum atomic E-state index is -0.596. The number of para-hydroxylation sites is 1. The number of aliphatic hydroxyl groups is 1. The molecule has 0 bridgehead atoms. The highest BCUT2D eigenvalue weighted by Crippen LogP contribution is 2.23. The smallest absolute Gasteiger partial charge is 0.129 e. The highest BCUT2D eigenvalue weighted by atomic mass is 19.1. The molecule has 0 saturated heterocycles. The number of aliphatic hydroxyl groups excluding tert-OH is 1. The molecular weight excluding hydrogens is 274 g/mol. The van der Waals surface area contributed by atoms with E-state index in [1.807, 2.05) is 24.3 Å². The van der Waals surface area contributed by atoms with Gasteiger partial charge in [0.05, 0.1) is 7.11 Å². The lowest BCUT2D eigenvalue weighted by Crippen LogP contribution is -2.14. The zero-order valence-electron chi connectivity index (χ0n) is 11.9. The lowest BCUT2D eigenvalue weighted by molar-refractivity contribution is 0.223. The molecule has 0 saturated carbocycles. The van der Waals surface area contributed by atoms with Gasteiger partial charge < -0.3 is 9.84 Å². The molecular formula is C17H18F2O2. The summed E-state index contributed by atoms with van der Waals surface area (Å²) < 4.78 is 31.9. The van der Waals surface area contributed by atoms with E-state index in [1.54, 1.807) is 7.11 Å². The maximum atomic E-state index is 13.7. The van der Waals surface area contributed by atoms with E-state index in [-0.39, 0.29) is 12.5 Å². The van der Waals surface area contributed by atoms with Crippen LogP contribution in [0, 0.1) is 17.6 Å². The van der Waals surface area contributed by atoms with E-state index in [4.69, 9.17) is 4.74 Å². The fraction of sp³-hybridized carbons (Fsp3) is 0.294. The van der Waals surface area contributed by atoms with E-state index >= 15 is 0 Å². The minimum absolute atomic E-state index is 0.0745. The number of hydrogen-bond donors (Lipinski definition) is 1. The van der Waals surface area contributed by atoms with Gasteiger partial charge in [-0.05, 0) is 42.0 Å². The molecule has 0 spiro atoms. The van der Waals surface area contributed by atoms with E-state index in [2.05, 4.69) is 0 Å². The van der Waals surface area contributed by atoms with Gasteiger partial charge in [0.2, 0.25) is 0 Å². The molecule has 1 atom stereocenters. The molecule has 2 nitrogen and oxygen atoms in total. The van der Waals surface area contributed by atoms with E-state index < -0.39 is 11.6 Å². The minimum Gasteiger partial charge on any atom is -0.496 e. The predicted octanol–water partition coefficient (Wildman–Crippen LogP) is 3.37. The third-order valence-corrected chi connectivity index (χ3v) is 3.48. The Morgan fingerprint density at radius 3 is 2.43 bits per heavy atom. The second-order valence-corrected chi connectivity index (χ2v) is 5.00. The Kier molecular flexibility index (Phi) is 5.28. The van der Waals surface area contributed by atoms with Crippen molar-refractivity contribution < 1.29 is 18.6 Å². The van der Waals surface area contributed by atoms with E-state index in [1.165, 1.54) is 12.1 Å². The maximum Gasteiger partial charge on any atom is 0.129 e. The molecule has 0 heterocycles. The molecule has 112 valence electrons. The van der Waals surface area contributed by atoms with Crippen molar-refractivity contribution in [3.63, 3.8) is 0 Å². The standard InChI is InChI=1S/C17H18F2O2/c1-21-17-5-3-2-4-14(17)9-12(11-20)8-13-6-7-15(18)10-16(13)19/h2-7,10,12,20H,8-9,11H2,1H3. The highest BCUT2D eigenvalue weighted by Gasteiger charge is 2.15. The molecule has 4 heteroatoms. The second kappa shape index (κ2) is 7.18. The van der Waals surface area contributed by atoms with Crippen LogP contribution >= 0.6 is 0 Å². The first-order chi connectivity index (χ1) is 10.1. The van der Waals surface area contributed by atoms with Crippen LogP contribution in [-0.4, -0.2) is 18.8 Å². The zero-order valence-corrected chi connectivity index (χ0v) is 11.9. The van der Waals surface area contributed by atoms with Gasteiger partial charge in [-0.3, -0.25) is 0 Å². The Bertz CT molecular complexity index is 599. The van der Waals surface area contributed by atoms with Gasteiger partial charge in [-0.15, -0.1) is 0 Å². The number of methoxy groups -OCH3 is 1. The SMILES string of the molecule is COc1ccccc1CC(CO)Cc1ccc(F)cc1F. The topological polar surface area (TPSA) is 29.5 Å². The predicted molar refractivity (Wildman–Crippen MR) is 77.3 cm³/mol. The normalized spacial score (nSPS) is 12.2. The Morgan fingerprint density at radius 1 is 1.05 bits per heavy atom. The van der Waals surface area contributed by atoms with Gasteiger partial charge in [-0.2, -0.15) is 0 Å². The van der Waals surface area contributed by atoms with Crippen molar-refractivity contribution in [3.05, 3.63) is 65.2 Å². The second-order valence-electron chi connectivity index (χ2n) is 5.00. The lowest BCUT2D eigenvalue weighted by atomic mass is 9.92. The Labute approximate surface area is 123 Å². The Balaban J connectivity index is 2.13. The number of hydrogen-bond acceptors (Lipinski definition) is 2. The molecule has 0 aromatic heterocycles. The largest absolute Gasteiger partial charge is 0.496 e. The maximum absolute atomic E-state index is 13.7. The molecule has 2 rings (SSSR count). The number of benzene rings is 2. The molecule has 2 aromatic rings. The number of halogens is 2. The van der Waals surface area contributed by atoms with Gasteiger partial charge in [-0.1, -0.05) is 24.3 Å². The van der Waals surface area contributed by atoms with Crippen molar-refractivity contribution in [2.24, 2.45) is 5.92 Å². The molecule has 0 amide bonds. The van der Waals surface area contributed by atoms with Crippen molar-refractivity contribution in [1.29, 1.82) is 0 Å². The van der Waals surface area contributed by atoms with Gasteiger partial charge in [0.25, 0.3) is 0 Å². The van der Waals surface area contributed by atoms with Gasteiger partial charge in [0.15, 0.2) is 0 Å². The first-order valence-electron chi connectivity index (χ1n) is 6.80. The Hall–Kier alpha value is -1.94. The molecule has 0 fully saturated rings. The summed E-state index contributed by atoms with van der Waals surface area (Å²) in [5, 5.41) is 9.52.